The maximum atomic E-state index is 13.1. The van der Waals surface area contributed by atoms with Gasteiger partial charge in [-0.05, 0) is 0 Å². The van der Waals surface area contributed by atoms with Crippen LogP contribution in [0.15, 0.2) is 36.4 Å². The Bertz CT molecular complexity index is 742. The van der Waals surface area contributed by atoms with Crippen LogP contribution in [0.2, 0.25) is 9.63 Å². The maximum absolute atomic E-state index is 13.1. The average Bonchev–Trinajstić information content (AvgIpc) is 2.97. The van der Waals surface area contributed by atoms with Crippen molar-refractivity contribution in [3.8, 4) is 0 Å². The van der Waals surface area contributed by atoms with Gasteiger partial charge >= 0.3 is 167 Å². The van der Waals surface area contributed by atoms with Gasteiger partial charge in [0.2, 0.25) is 0 Å². The molecule has 1 N–H and O–H groups in total. The molecule has 0 unspecified atom stereocenters. The molecule has 0 saturated heterocycles. The summed E-state index contributed by atoms with van der Waals surface area (Å²) < 4.78 is 4.96. The Morgan fingerprint density at radius 3 is 2.52 bits per heavy atom. The van der Waals surface area contributed by atoms with E-state index in [1.807, 2.05) is 36.4 Å². The Hall–Kier alpha value is -1.42. The first-order valence-electron chi connectivity index (χ1n) is 9.41. The molecular formula is C22H28O4Se. The van der Waals surface area contributed by atoms with Gasteiger partial charge in [0.1, 0.15) is 0 Å². The van der Waals surface area contributed by atoms with E-state index < -0.39 is 16.9 Å². The first kappa shape index (κ1) is 20.3. The molecule has 5 atom stereocenters. The minimum atomic E-state index is -0.958. The molecule has 146 valence electrons. The molecule has 2 bridgehead atoms. The van der Waals surface area contributed by atoms with Crippen LogP contribution in [0, 0.1) is 16.7 Å². The molecule has 2 aliphatic carbocycles. The Balaban J connectivity index is 1.79. The molecule has 2 aliphatic rings. The van der Waals surface area contributed by atoms with Gasteiger partial charge in [-0.2, -0.15) is 0 Å². The summed E-state index contributed by atoms with van der Waals surface area (Å²) in [6.07, 6.45) is 4.44. The normalized spacial score (nSPS) is 31.2. The zero-order chi connectivity index (χ0) is 19.8. The van der Waals surface area contributed by atoms with Crippen LogP contribution in [0.1, 0.15) is 39.2 Å². The van der Waals surface area contributed by atoms with Gasteiger partial charge in [0.15, 0.2) is 0 Å². The van der Waals surface area contributed by atoms with Crippen molar-refractivity contribution in [2.45, 2.75) is 49.3 Å². The number of aliphatic hydroxyl groups excluding tert-OH is 1. The van der Waals surface area contributed by atoms with E-state index in [9.17, 15) is 14.7 Å². The molecule has 5 heteroatoms. The number of carbonyl (C=O) groups excluding carboxylic acids is 2. The molecule has 0 aromatic heterocycles. The number of methoxy groups -OCH3 is 1. The Morgan fingerprint density at radius 1 is 1.30 bits per heavy atom. The molecule has 4 nitrogen and oxygen atoms in total. The number of Topliss-reactive ketones (excluding diaryl/α,β-unsaturated/α-hetero) is 1. The Kier molecular flexibility index (Phi) is 5.67. The topological polar surface area (TPSA) is 63.6 Å². The molecule has 27 heavy (non-hydrogen) atoms. The SMILES string of the molecule is COC(=O)[C@H]([Se][C@@H]1C(=O)[C@]2(C)CC[C@H]1C2(C)C)[C@@H](O)/C=C/c1ccccc1. The van der Waals surface area contributed by atoms with Crippen LogP contribution in [0.25, 0.3) is 6.08 Å². The van der Waals surface area contributed by atoms with Crippen LogP contribution in [-0.2, 0) is 14.3 Å². The fourth-order valence-electron chi connectivity index (χ4n) is 4.58. The molecular weight excluding hydrogens is 407 g/mol. The van der Waals surface area contributed by atoms with Gasteiger partial charge in [-0.3, -0.25) is 0 Å². The summed E-state index contributed by atoms with van der Waals surface area (Å²) >= 11 is -0.356. The molecule has 0 spiro atoms. The van der Waals surface area contributed by atoms with E-state index >= 15 is 0 Å². The number of benzene rings is 1. The second-order valence-electron chi connectivity index (χ2n) is 8.32. The number of rotatable bonds is 6. The standard InChI is InChI=1S/C22H28O4Se/c1-21(2)15-12-13-22(21,3)19(24)17(15)27-18(20(25)26-4)16(23)11-10-14-8-6-5-7-9-14/h5-11,15-18,23H,12-13H2,1-4H3/b11-10+/t15-,16+,17+,18-,22+/m1/s1. The molecule has 0 heterocycles. The van der Waals surface area contributed by atoms with Gasteiger partial charge in [0.25, 0.3) is 0 Å². The van der Waals surface area contributed by atoms with Gasteiger partial charge in [-0.25, -0.2) is 0 Å². The summed E-state index contributed by atoms with van der Waals surface area (Å²) in [6.45, 7) is 6.43. The van der Waals surface area contributed by atoms with Crippen LogP contribution in [-0.4, -0.2) is 45.0 Å². The number of ketones is 1. The van der Waals surface area contributed by atoms with Crippen molar-refractivity contribution in [2.24, 2.45) is 16.7 Å². The van der Waals surface area contributed by atoms with E-state index in [1.54, 1.807) is 6.08 Å². The summed E-state index contributed by atoms with van der Waals surface area (Å²) in [6, 6.07) is 9.64. The van der Waals surface area contributed by atoms with Crippen molar-refractivity contribution in [3.05, 3.63) is 42.0 Å². The predicted octanol–water partition coefficient (Wildman–Crippen LogP) is 3.54. The van der Waals surface area contributed by atoms with Gasteiger partial charge in [0.05, 0.1) is 0 Å². The van der Waals surface area contributed by atoms with Crippen molar-refractivity contribution in [1.29, 1.82) is 0 Å². The van der Waals surface area contributed by atoms with E-state index in [1.165, 1.54) is 7.11 Å². The van der Waals surface area contributed by atoms with Crippen molar-refractivity contribution in [1.82, 2.24) is 0 Å². The number of aliphatic hydroxyl groups is 1. The van der Waals surface area contributed by atoms with E-state index in [0.717, 1.165) is 18.4 Å². The summed E-state index contributed by atoms with van der Waals surface area (Å²) in [7, 11) is 1.34. The molecule has 2 fully saturated rings. The molecule has 1 aromatic carbocycles. The van der Waals surface area contributed by atoms with Gasteiger partial charge in [-0.1, -0.05) is 0 Å². The number of hydrogen-bond donors (Lipinski definition) is 1. The number of carbonyl (C=O) groups is 2. The monoisotopic (exact) mass is 436 g/mol. The second kappa shape index (κ2) is 7.54. The molecule has 0 radical (unpaired) electrons. The van der Waals surface area contributed by atoms with Gasteiger partial charge < -0.3 is 0 Å². The van der Waals surface area contributed by atoms with Crippen LogP contribution < -0.4 is 0 Å². The third-order valence-electron chi connectivity index (χ3n) is 6.79. The molecule has 2 saturated carbocycles. The molecule has 3 rings (SSSR count). The number of esters is 1. The minimum absolute atomic E-state index is 0.0536. The van der Waals surface area contributed by atoms with E-state index in [4.69, 9.17) is 4.74 Å². The fraction of sp³-hybridized carbons (Fsp3) is 0.545. The second-order valence-corrected chi connectivity index (χ2v) is 11.0. The zero-order valence-electron chi connectivity index (χ0n) is 16.3. The van der Waals surface area contributed by atoms with E-state index in [0.29, 0.717) is 0 Å². The quantitative estimate of drug-likeness (QED) is 0.549. The Morgan fingerprint density at radius 2 is 1.96 bits per heavy atom. The van der Waals surface area contributed by atoms with Crippen LogP contribution in [0.4, 0.5) is 0 Å². The summed E-state index contributed by atoms with van der Waals surface area (Å²) in [5.74, 6) is 0.128. The third kappa shape index (κ3) is 3.41. The zero-order valence-corrected chi connectivity index (χ0v) is 18.1. The van der Waals surface area contributed by atoms with Crippen LogP contribution in [0.5, 0.6) is 0 Å². The predicted molar refractivity (Wildman–Crippen MR) is 106 cm³/mol. The van der Waals surface area contributed by atoms with Crippen LogP contribution in [0.3, 0.4) is 0 Å². The molecule has 0 aliphatic heterocycles. The Labute approximate surface area is 167 Å². The van der Waals surface area contributed by atoms with Crippen LogP contribution >= 0.6 is 0 Å². The van der Waals surface area contributed by atoms with E-state index in [2.05, 4.69) is 20.8 Å². The molecule has 0 amide bonds. The summed E-state index contributed by atoms with van der Waals surface area (Å²) in [5.41, 5.74) is 0.592. The van der Waals surface area contributed by atoms with Crippen molar-refractivity contribution >= 4 is 32.8 Å². The summed E-state index contributed by atoms with van der Waals surface area (Å²) in [4.78, 5) is 24.7. The first-order valence-corrected chi connectivity index (χ1v) is 11.4. The van der Waals surface area contributed by atoms with E-state index in [-0.39, 0.29) is 42.3 Å². The third-order valence-corrected chi connectivity index (χ3v) is 10.2. The first-order chi connectivity index (χ1) is 12.7. The van der Waals surface area contributed by atoms with Gasteiger partial charge in [-0.15, -0.1) is 0 Å². The molecule has 1 aromatic rings. The van der Waals surface area contributed by atoms with Crippen molar-refractivity contribution in [3.63, 3.8) is 0 Å². The van der Waals surface area contributed by atoms with Crippen molar-refractivity contribution < 1.29 is 19.4 Å². The fourth-order valence-corrected chi connectivity index (χ4v) is 8.41. The number of hydrogen-bond acceptors (Lipinski definition) is 4. The summed E-state index contributed by atoms with van der Waals surface area (Å²) in [5, 5.41) is 10.7. The van der Waals surface area contributed by atoms with Crippen molar-refractivity contribution in [2.75, 3.05) is 7.11 Å². The van der Waals surface area contributed by atoms with Gasteiger partial charge in [0, 0.05) is 0 Å². The number of ether oxygens (including phenoxy) is 1. The number of fused-ring (bicyclic) bond motifs is 2. The average molecular weight is 435 g/mol.